The number of fused-ring (bicyclic) bond motifs is 12. The van der Waals surface area contributed by atoms with Gasteiger partial charge in [-0.3, -0.25) is 0 Å². The molecule has 3 heterocycles. The van der Waals surface area contributed by atoms with Crippen molar-refractivity contribution in [2.24, 2.45) is 0 Å². The highest BCUT2D eigenvalue weighted by atomic mass is 32.1. The topological polar surface area (TPSA) is 38.9 Å². The van der Waals surface area contributed by atoms with Crippen LogP contribution in [0.2, 0.25) is 0 Å². The molecule has 0 unspecified atom stereocenters. The van der Waals surface area contributed by atoms with Crippen molar-refractivity contribution in [1.82, 2.24) is 9.97 Å². The fourth-order valence-electron chi connectivity index (χ4n) is 8.64. The molecule has 0 bridgehead atoms. The van der Waals surface area contributed by atoms with Crippen LogP contribution in [0.15, 0.2) is 186 Å². The number of rotatable bonds is 4. The molecule has 0 fully saturated rings. The van der Waals surface area contributed by atoms with Crippen LogP contribution in [0.1, 0.15) is 0 Å². The molecule has 56 heavy (non-hydrogen) atoms. The number of hydrogen-bond donors (Lipinski definition) is 0. The second kappa shape index (κ2) is 12.2. The van der Waals surface area contributed by atoms with Gasteiger partial charge in [0.1, 0.15) is 11.2 Å². The number of aromatic nitrogens is 2. The third-order valence-corrected chi connectivity index (χ3v) is 12.5. The molecular weight excluding hydrogens is 701 g/mol. The average Bonchev–Trinajstić information content (AvgIpc) is 3.84. The van der Waals surface area contributed by atoms with E-state index < -0.39 is 0 Å². The molecule has 0 saturated heterocycles. The molecule has 3 aromatic heterocycles. The van der Waals surface area contributed by atoms with Gasteiger partial charge < -0.3 is 4.42 Å². The summed E-state index contributed by atoms with van der Waals surface area (Å²) < 4.78 is 8.94. The monoisotopic (exact) mass is 730 g/mol. The SMILES string of the molecule is c1ccc(-c2ccc(-c3nc(-c4cccc5oc6cc(-c7ccc8c9ccccc9c9ccccc9c8c7)ccc6c45)nc4c3sc3ccccc34)cc2)cc1. The Labute approximate surface area is 325 Å². The first-order valence-electron chi connectivity index (χ1n) is 18.9. The summed E-state index contributed by atoms with van der Waals surface area (Å²) in [6.45, 7) is 0. The highest BCUT2D eigenvalue weighted by molar-refractivity contribution is 7.26. The van der Waals surface area contributed by atoms with E-state index >= 15 is 0 Å². The molecule has 9 aromatic carbocycles. The maximum absolute atomic E-state index is 6.65. The van der Waals surface area contributed by atoms with Crippen LogP contribution in [0.25, 0.3) is 119 Å². The molecule has 3 nitrogen and oxygen atoms in total. The summed E-state index contributed by atoms with van der Waals surface area (Å²) in [4.78, 5) is 10.7. The highest BCUT2D eigenvalue weighted by Crippen LogP contribution is 2.43. The van der Waals surface area contributed by atoms with Crippen LogP contribution in [0, 0.1) is 0 Å². The van der Waals surface area contributed by atoms with Crippen LogP contribution >= 0.6 is 11.3 Å². The first-order valence-corrected chi connectivity index (χ1v) is 19.7. The van der Waals surface area contributed by atoms with Gasteiger partial charge >= 0.3 is 0 Å². The number of benzene rings is 9. The first kappa shape index (κ1) is 31.2. The van der Waals surface area contributed by atoms with Gasteiger partial charge in [-0.2, -0.15) is 0 Å². The van der Waals surface area contributed by atoms with Crippen LogP contribution in [0.5, 0.6) is 0 Å². The molecule has 0 saturated carbocycles. The lowest BCUT2D eigenvalue weighted by molar-refractivity contribution is 0.669. The quantitative estimate of drug-likeness (QED) is 0.169. The normalized spacial score (nSPS) is 11.9. The van der Waals surface area contributed by atoms with E-state index in [4.69, 9.17) is 14.4 Å². The molecule has 0 N–H and O–H groups in total. The lowest BCUT2D eigenvalue weighted by atomic mass is 9.92. The Kier molecular flexibility index (Phi) is 6.80. The molecule has 4 heteroatoms. The number of hydrogen-bond acceptors (Lipinski definition) is 4. The van der Waals surface area contributed by atoms with Crippen molar-refractivity contribution in [3.05, 3.63) is 182 Å². The van der Waals surface area contributed by atoms with E-state index in [9.17, 15) is 0 Å². The number of furan rings is 1. The predicted molar refractivity (Wildman–Crippen MR) is 236 cm³/mol. The second-order valence-electron chi connectivity index (χ2n) is 14.5. The Bertz CT molecular complexity index is 3490. The van der Waals surface area contributed by atoms with E-state index in [1.807, 2.05) is 12.1 Å². The van der Waals surface area contributed by atoms with Crippen LogP contribution < -0.4 is 0 Å². The summed E-state index contributed by atoms with van der Waals surface area (Å²) in [5.74, 6) is 0.689. The van der Waals surface area contributed by atoms with Crippen molar-refractivity contribution >= 4 is 85.9 Å². The molecular formula is C52H30N2OS. The number of nitrogens with zero attached hydrogens (tertiary/aromatic N) is 2. The van der Waals surface area contributed by atoms with E-state index in [2.05, 4.69) is 170 Å². The fraction of sp³-hybridized carbons (Fsp3) is 0. The van der Waals surface area contributed by atoms with Crippen molar-refractivity contribution in [2.75, 3.05) is 0 Å². The van der Waals surface area contributed by atoms with Gasteiger partial charge in [0.2, 0.25) is 0 Å². The lowest BCUT2D eigenvalue weighted by Gasteiger charge is -2.12. The largest absolute Gasteiger partial charge is 0.456 e. The van der Waals surface area contributed by atoms with Crippen molar-refractivity contribution in [3.63, 3.8) is 0 Å². The smallest absolute Gasteiger partial charge is 0.161 e. The minimum atomic E-state index is 0.689. The minimum absolute atomic E-state index is 0.689. The van der Waals surface area contributed by atoms with Crippen molar-refractivity contribution < 1.29 is 4.42 Å². The van der Waals surface area contributed by atoms with Crippen LogP contribution in [0.3, 0.4) is 0 Å². The summed E-state index contributed by atoms with van der Waals surface area (Å²) in [6, 6.07) is 64.9. The van der Waals surface area contributed by atoms with Crippen molar-refractivity contribution in [3.8, 4) is 44.9 Å². The Hall–Kier alpha value is -7.14. The van der Waals surface area contributed by atoms with Gasteiger partial charge in [0, 0.05) is 32.0 Å². The Morgan fingerprint density at radius 2 is 0.946 bits per heavy atom. The average molecular weight is 731 g/mol. The third kappa shape index (κ3) is 4.76. The van der Waals surface area contributed by atoms with Gasteiger partial charge in [0.25, 0.3) is 0 Å². The molecule has 0 spiro atoms. The van der Waals surface area contributed by atoms with Crippen molar-refractivity contribution in [2.45, 2.75) is 0 Å². The van der Waals surface area contributed by atoms with E-state index in [1.165, 1.54) is 48.1 Å². The maximum atomic E-state index is 6.65. The van der Waals surface area contributed by atoms with Crippen LogP contribution in [-0.4, -0.2) is 9.97 Å². The van der Waals surface area contributed by atoms with E-state index in [0.29, 0.717) is 5.82 Å². The molecule has 260 valence electrons. The minimum Gasteiger partial charge on any atom is -0.456 e. The number of thiophene rings is 1. The molecule has 0 atom stereocenters. The molecule has 0 radical (unpaired) electrons. The molecule has 12 aromatic rings. The van der Waals surface area contributed by atoms with Gasteiger partial charge in [-0.1, -0.05) is 152 Å². The van der Waals surface area contributed by atoms with Gasteiger partial charge in [0.05, 0.1) is 15.9 Å². The van der Waals surface area contributed by atoms with Gasteiger partial charge in [-0.15, -0.1) is 11.3 Å². The van der Waals surface area contributed by atoms with E-state index in [0.717, 1.165) is 65.5 Å². The standard InChI is InChI=1S/C52H30N2OS/c1-2-11-31(12-3-1)32-21-23-33(24-22-32)49-51-50(42-17-8-9-20-47(42)56-51)54-52(53-49)43-18-10-19-45-48(43)41-28-26-35(30-46(41)55-45)34-25-27-40-38-15-5-4-13-36(38)37-14-6-7-16-39(37)44(40)29-34/h1-30H. The third-order valence-electron chi connectivity index (χ3n) is 11.3. The molecule has 0 amide bonds. The summed E-state index contributed by atoms with van der Waals surface area (Å²) in [7, 11) is 0. The van der Waals surface area contributed by atoms with E-state index in [-0.39, 0.29) is 0 Å². The Balaban J connectivity index is 1.02. The zero-order chi connectivity index (χ0) is 36.7. The summed E-state index contributed by atoms with van der Waals surface area (Å²) >= 11 is 1.75. The molecule has 12 rings (SSSR count). The molecule has 0 aliphatic heterocycles. The lowest BCUT2D eigenvalue weighted by Crippen LogP contribution is -1.94. The zero-order valence-electron chi connectivity index (χ0n) is 30.0. The van der Waals surface area contributed by atoms with Gasteiger partial charge in [-0.05, 0) is 84.9 Å². The Morgan fingerprint density at radius 3 is 1.70 bits per heavy atom. The van der Waals surface area contributed by atoms with Gasteiger partial charge in [-0.25, -0.2) is 9.97 Å². The molecule has 0 aliphatic carbocycles. The summed E-state index contributed by atoms with van der Waals surface area (Å²) in [5, 5.41) is 10.8. The predicted octanol–water partition coefficient (Wildman–Crippen LogP) is 14.9. The molecule has 0 aliphatic rings. The fourth-order valence-corrected chi connectivity index (χ4v) is 9.79. The maximum Gasteiger partial charge on any atom is 0.161 e. The van der Waals surface area contributed by atoms with Gasteiger partial charge in [0.15, 0.2) is 5.82 Å². The van der Waals surface area contributed by atoms with Crippen molar-refractivity contribution in [1.29, 1.82) is 0 Å². The Morgan fingerprint density at radius 1 is 0.375 bits per heavy atom. The van der Waals surface area contributed by atoms with Crippen LogP contribution in [-0.2, 0) is 0 Å². The zero-order valence-corrected chi connectivity index (χ0v) is 30.8. The van der Waals surface area contributed by atoms with E-state index in [1.54, 1.807) is 11.3 Å². The summed E-state index contributed by atoms with van der Waals surface area (Å²) in [5.41, 5.74) is 10.2. The van der Waals surface area contributed by atoms with Crippen LogP contribution in [0.4, 0.5) is 0 Å². The summed E-state index contributed by atoms with van der Waals surface area (Å²) in [6.07, 6.45) is 0. The highest BCUT2D eigenvalue weighted by Gasteiger charge is 2.20. The second-order valence-corrected chi connectivity index (χ2v) is 15.5. The first-order chi connectivity index (χ1) is 27.7.